The Bertz CT molecular complexity index is 986. The average Bonchev–Trinajstić information content (AvgIpc) is 3.08. The van der Waals surface area contributed by atoms with Gasteiger partial charge in [0.2, 0.25) is 0 Å². The predicted octanol–water partition coefficient (Wildman–Crippen LogP) is 4.05. The fraction of sp³-hybridized carbons (Fsp3) is 0.500. The van der Waals surface area contributed by atoms with Gasteiger partial charge in [-0.1, -0.05) is 24.3 Å². The second kappa shape index (κ2) is 10.2. The molecule has 0 bridgehead atoms. The first-order valence-corrected chi connectivity index (χ1v) is 11.4. The van der Waals surface area contributed by atoms with Crippen molar-refractivity contribution in [2.24, 2.45) is 0 Å². The van der Waals surface area contributed by atoms with E-state index in [2.05, 4.69) is 4.90 Å². The first-order valence-electron chi connectivity index (χ1n) is 11.4. The molecule has 34 heavy (non-hydrogen) atoms. The number of fused-ring (bicyclic) bond motifs is 1. The van der Waals surface area contributed by atoms with E-state index >= 15 is 0 Å². The first-order chi connectivity index (χ1) is 16.3. The van der Waals surface area contributed by atoms with E-state index in [0.29, 0.717) is 38.2 Å². The Hall–Kier alpha value is -2.88. The Balaban J connectivity index is 1.28. The molecule has 2 N–H and O–H groups in total. The summed E-state index contributed by atoms with van der Waals surface area (Å²) in [7, 11) is 0. The second-order valence-electron chi connectivity index (χ2n) is 8.64. The van der Waals surface area contributed by atoms with Gasteiger partial charge in [-0.05, 0) is 37.9 Å². The van der Waals surface area contributed by atoms with Gasteiger partial charge >= 0.3 is 12.3 Å². The number of benzene rings is 1. The minimum atomic E-state index is -4.20. The van der Waals surface area contributed by atoms with Crippen molar-refractivity contribution < 1.29 is 32.5 Å². The number of alkyl halides is 4. The lowest BCUT2D eigenvalue weighted by molar-refractivity contribution is -0.148. The molecule has 0 unspecified atom stereocenters. The number of aromatic hydroxyl groups is 2. The van der Waals surface area contributed by atoms with Crippen molar-refractivity contribution in [3.63, 3.8) is 0 Å². The molecule has 2 aliphatic rings. The van der Waals surface area contributed by atoms with Gasteiger partial charge in [0.1, 0.15) is 5.75 Å². The van der Waals surface area contributed by atoms with E-state index in [1.165, 1.54) is 6.07 Å². The standard InChI is InChI=1S/C24H29F4N3O3/c25-23(26)24(27,28)16-34-20-9-4-3-8-19(20)30-14-12-29(13-15-30)10-5-11-31-21(32)17-6-1-2-7-18(17)22(31)33/h1-4,8-9,23,32-33H,5-7,10-16H2. The summed E-state index contributed by atoms with van der Waals surface area (Å²) in [6, 6.07) is 6.62. The Morgan fingerprint density at radius 2 is 1.53 bits per heavy atom. The molecule has 0 atom stereocenters. The molecule has 1 aromatic heterocycles. The topological polar surface area (TPSA) is 61.1 Å². The van der Waals surface area contributed by atoms with Crippen LogP contribution in [0.1, 0.15) is 17.5 Å². The minimum Gasteiger partial charge on any atom is -0.494 e. The molecule has 10 heteroatoms. The largest absolute Gasteiger partial charge is 0.494 e. The molecule has 0 amide bonds. The normalized spacial score (nSPS) is 16.8. The highest BCUT2D eigenvalue weighted by molar-refractivity contribution is 5.58. The Labute approximate surface area is 195 Å². The fourth-order valence-electron chi connectivity index (χ4n) is 4.48. The predicted molar refractivity (Wildman–Crippen MR) is 120 cm³/mol. The van der Waals surface area contributed by atoms with Gasteiger partial charge in [0.15, 0.2) is 18.4 Å². The third-order valence-electron chi connectivity index (χ3n) is 6.40. The van der Waals surface area contributed by atoms with Crippen LogP contribution < -0.4 is 9.64 Å². The molecule has 1 saturated heterocycles. The summed E-state index contributed by atoms with van der Waals surface area (Å²) in [5.74, 6) is -3.77. The third-order valence-corrected chi connectivity index (χ3v) is 6.40. The number of hydrogen-bond donors (Lipinski definition) is 2. The summed E-state index contributed by atoms with van der Waals surface area (Å²) >= 11 is 0. The van der Waals surface area contributed by atoms with Gasteiger partial charge in [0, 0.05) is 43.9 Å². The van der Waals surface area contributed by atoms with Crippen LogP contribution in [0.25, 0.3) is 0 Å². The molecule has 0 saturated carbocycles. The SMILES string of the molecule is Oc1c2c(c(O)n1CCCN1CCN(c3ccccc3OCC(F)(F)C(F)F)CC1)CC=CC2. The van der Waals surface area contributed by atoms with Crippen LogP contribution in [0.5, 0.6) is 17.5 Å². The van der Waals surface area contributed by atoms with Crippen LogP contribution in [-0.4, -0.2) is 71.4 Å². The van der Waals surface area contributed by atoms with Crippen LogP contribution in [-0.2, 0) is 19.4 Å². The number of aromatic nitrogens is 1. The number of rotatable bonds is 9. The van der Waals surface area contributed by atoms with Crippen LogP contribution in [0.3, 0.4) is 0 Å². The van der Waals surface area contributed by atoms with Crippen molar-refractivity contribution in [2.75, 3.05) is 44.2 Å². The molecule has 1 fully saturated rings. The zero-order chi connectivity index (χ0) is 24.3. The molecule has 1 aliphatic carbocycles. The van der Waals surface area contributed by atoms with Crippen LogP contribution in [0.4, 0.5) is 23.2 Å². The van der Waals surface area contributed by atoms with Crippen molar-refractivity contribution in [1.29, 1.82) is 0 Å². The highest BCUT2D eigenvalue weighted by Crippen LogP contribution is 2.37. The number of piperazine rings is 1. The molecule has 0 radical (unpaired) electrons. The van der Waals surface area contributed by atoms with E-state index in [4.69, 9.17) is 4.74 Å². The zero-order valence-corrected chi connectivity index (χ0v) is 18.8. The van der Waals surface area contributed by atoms with E-state index in [-0.39, 0.29) is 17.5 Å². The van der Waals surface area contributed by atoms with Gasteiger partial charge in [-0.15, -0.1) is 0 Å². The van der Waals surface area contributed by atoms with E-state index in [1.807, 2.05) is 17.1 Å². The number of ether oxygens (including phenoxy) is 1. The molecule has 1 aliphatic heterocycles. The third kappa shape index (κ3) is 5.11. The Kier molecular flexibility index (Phi) is 7.25. The van der Waals surface area contributed by atoms with Gasteiger partial charge in [-0.3, -0.25) is 9.47 Å². The van der Waals surface area contributed by atoms with Crippen molar-refractivity contribution >= 4 is 5.69 Å². The summed E-state index contributed by atoms with van der Waals surface area (Å²) in [6.45, 7) is 2.61. The molecule has 1 aromatic carbocycles. The number of nitrogens with zero attached hydrogens (tertiary/aromatic N) is 3. The maximum atomic E-state index is 13.3. The number of halogens is 4. The molecule has 2 heterocycles. The van der Waals surface area contributed by atoms with Gasteiger partial charge in [-0.25, -0.2) is 8.78 Å². The Morgan fingerprint density at radius 3 is 2.15 bits per heavy atom. The summed E-state index contributed by atoms with van der Waals surface area (Å²) in [6.07, 6.45) is 2.17. The van der Waals surface area contributed by atoms with Crippen molar-refractivity contribution in [3.05, 3.63) is 47.5 Å². The van der Waals surface area contributed by atoms with E-state index in [1.54, 1.807) is 22.8 Å². The van der Waals surface area contributed by atoms with E-state index in [0.717, 1.165) is 37.2 Å². The highest BCUT2D eigenvalue weighted by atomic mass is 19.3. The lowest BCUT2D eigenvalue weighted by atomic mass is 10.0. The average molecular weight is 484 g/mol. The smallest absolute Gasteiger partial charge is 0.340 e. The van der Waals surface area contributed by atoms with Gasteiger partial charge < -0.3 is 19.8 Å². The molecule has 4 rings (SSSR count). The minimum absolute atomic E-state index is 0.135. The van der Waals surface area contributed by atoms with Crippen LogP contribution in [0.15, 0.2) is 36.4 Å². The molecular weight excluding hydrogens is 454 g/mol. The monoisotopic (exact) mass is 483 g/mol. The van der Waals surface area contributed by atoms with Crippen LogP contribution >= 0.6 is 0 Å². The fourth-order valence-corrected chi connectivity index (χ4v) is 4.48. The van der Waals surface area contributed by atoms with E-state index < -0.39 is 19.0 Å². The first kappa shape index (κ1) is 24.3. The maximum Gasteiger partial charge on any atom is 0.340 e. The molecular formula is C24H29F4N3O3. The summed E-state index contributed by atoms with van der Waals surface area (Å²) in [5, 5.41) is 20.9. The van der Waals surface area contributed by atoms with Gasteiger partial charge in [0.05, 0.1) is 5.69 Å². The number of hydrogen-bond acceptors (Lipinski definition) is 5. The van der Waals surface area contributed by atoms with E-state index in [9.17, 15) is 27.8 Å². The summed E-state index contributed by atoms with van der Waals surface area (Å²) in [4.78, 5) is 4.25. The number of para-hydroxylation sites is 2. The highest BCUT2D eigenvalue weighted by Gasteiger charge is 2.42. The maximum absolute atomic E-state index is 13.3. The lowest BCUT2D eigenvalue weighted by Gasteiger charge is -2.36. The summed E-state index contributed by atoms with van der Waals surface area (Å²) in [5.41, 5.74) is 2.19. The Morgan fingerprint density at radius 1 is 0.912 bits per heavy atom. The summed E-state index contributed by atoms with van der Waals surface area (Å²) < 4.78 is 58.1. The van der Waals surface area contributed by atoms with Gasteiger partial charge in [-0.2, -0.15) is 8.78 Å². The zero-order valence-electron chi connectivity index (χ0n) is 18.8. The number of anilines is 1. The lowest BCUT2D eigenvalue weighted by Crippen LogP contribution is -2.47. The van der Waals surface area contributed by atoms with Crippen molar-refractivity contribution in [2.45, 2.75) is 38.2 Å². The molecule has 0 spiro atoms. The second-order valence-corrected chi connectivity index (χ2v) is 8.64. The van der Waals surface area contributed by atoms with Crippen LogP contribution in [0, 0.1) is 0 Å². The molecule has 186 valence electrons. The molecule has 2 aromatic rings. The van der Waals surface area contributed by atoms with Crippen molar-refractivity contribution in [1.82, 2.24) is 9.47 Å². The van der Waals surface area contributed by atoms with Crippen molar-refractivity contribution in [3.8, 4) is 17.5 Å². The number of allylic oxidation sites excluding steroid dienone is 2. The van der Waals surface area contributed by atoms with Gasteiger partial charge in [0.25, 0.3) is 0 Å². The van der Waals surface area contributed by atoms with Crippen LogP contribution in [0.2, 0.25) is 0 Å². The molecule has 6 nitrogen and oxygen atoms in total. The quantitative estimate of drug-likeness (QED) is 0.417.